The number of carbonyl (C=O) groups is 2. The molecule has 0 saturated heterocycles. The van der Waals surface area contributed by atoms with E-state index in [1.807, 2.05) is 13.0 Å². The molecule has 2 N–H and O–H groups in total. The predicted molar refractivity (Wildman–Crippen MR) is 88.2 cm³/mol. The van der Waals surface area contributed by atoms with Gasteiger partial charge in [-0.3, -0.25) is 4.79 Å². The predicted octanol–water partition coefficient (Wildman–Crippen LogP) is 2.69. The van der Waals surface area contributed by atoms with Gasteiger partial charge in [0.25, 0.3) is 0 Å². The van der Waals surface area contributed by atoms with Crippen LogP contribution in [0.1, 0.15) is 32.3 Å². The van der Waals surface area contributed by atoms with E-state index in [1.165, 1.54) is 0 Å². The molecule has 1 rings (SSSR count). The third-order valence-corrected chi connectivity index (χ3v) is 4.20. The summed E-state index contributed by atoms with van der Waals surface area (Å²) in [4.78, 5) is 22.4. The van der Waals surface area contributed by atoms with Crippen LogP contribution in [0.4, 0.5) is 0 Å². The maximum Gasteiger partial charge on any atom is 0.341 e. The average Bonchev–Trinajstić information content (AvgIpc) is 2.51. The molecular weight excluding hydrogens is 302 g/mol. The fraction of sp³-hybridized carbons (Fsp3) is 0.500. The second-order valence-electron chi connectivity index (χ2n) is 4.91. The number of rotatable bonds is 10. The number of ether oxygens (including phenoxy) is 1. The Morgan fingerprint density at radius 2 is 2.18 bits per heavy atom. The molecule has 5 nitrogen and oxygen atoms in total. The summed E-state index contributed by atoms with van der Waals surface area (Å²) >= 11 is 1.66. The number of thioether (sulfide) groups is 1. The molecule has 0 heterocycles. The van der Waals surface area contributed by atoms with Crippen molar-refractivity contribution in [3.8, 4) is 5.75 Å². The van der Waals surface area contributed by atoms with Crippen LogP contribution in [0.15, 0.2) is 24.3 Å². The Kier molecular flexibility index (Phi) is 8.43. The van der Waals surface area contributed by atoms with Crippen LogP contribution in [-0.4, -0.2) is 34.6 Å². The molecule has 0 spiro atoms. The van der Waals surface area contributed by atoms with E-state index in [9.17, 15) is 9.59 Å². The van der Waals surface area contributed by atoms with Gasteiger partial charge in [0.1, 0.15) is 5.75 Å². The highest BCUT2D eigenvalue weighted by atomic mass is 32.2. The maximum absolute atomic E-state index is 12.0. The lowest BCUT2D eigenvalue weighted by atomic mass is 10.2. The molecule has 22 heavy (non-hydrogen) atoms. The number of unbranched alkanes of at least 4 members (excludes halogenated alkanes) is 1. The van der Waals surface area contributed by atoms with Gasteiger partial charge in [-0.1, -0.05) is 25.5 Å². The normalized spacial score (nSPS) is 11.7. The first kappa shape index (κ1) is 18.4. The largest absolute Gasteiger partial charge is 0.482 e. The molecule has 0 aromatic heterocycles. The van der Waals surface area contributed by atoms with Gasteiger partial charge in [-0.2, -0.15) is 0 Å². The smallest absolute Gasteiger partial charge is 0.341 e. The van der Waals surface area contributed by atoms with Gasteiger partial charge in [-0.25, -0.2) is 4.79 Å². The molecule has 0 fully saturated rings. The molecule has 122 valence electrons. The number of hydrogen-bond donors (Lipinski definition) is 2. The molecule has 0 aliphatic carbocycles. The van der Waals surface area contributed by atoms with Crippen LogP contribution in [0.25, 0.3) is 0 Å². The van der Waals surface area contributed by atoms with Crippen molar-refractivity contribution in [2.75, 3.05) is 12.4 Å². The standard InChI is InChI=1S/C16H23NO4S/c1-3-4-8-22-12(2)16(20)17-10-13-6-5-7-14(9-13)21-11-15(18)19/h5-7,9,12H,3-4,8,10-11H2,1-2H3,(H,17,20)(H,18,19). The van der Waals surface area contributed by atoms with Gasteiger partial charge in [-0.15, -0.1) is 11.8 Å². The summed E-state index contributed by atoms with van der Waals surface area (Å²) in [5.41, 5.74) is 0.877. The van der Waals surface area contributed by atoms with Gasteiger partial charge >= 0.3 is 5.97 Å². The fourth-order valence-electron chi connectivity index (χ4n) is 1.70. The molecule has 1 aromatic rings. The number of carboxylic acid groups (broad SMARTS) is 1. The van der Waals surface area contributed by atoms with Gasteiger partial charge in [0.05, 0.1) is 5.25 Å². The Labute approximate surface area is 135 Å². The highest BCUT2D eigenvalue weighted by molar-refractivity contribution is 8.00. The summed E-state index contributed by atoms with van der Waals surface area (Å²) in [5, 5.41) is 11.4. The zero-order chi connectivity index (χ0) is 16.4. The highest BCUT2D eigenvalue weighted by Gasteiger charge is 2.12. The Hall–Kier alpha value is -1.69. The first-order valence-corrected chi connectivity index (χ1v) is 8.40. The summed E-state index contributed by atoms with van der Waals surface area (Å²) < 4.78 is 5.11. The van der Waals surface area contributed by atoms with Crippen molar-refractivity contribution >= 4 is 23.6 Å². The van der Waals surface area contributed by atoms with Crippen molar-refractivity contribution in [3.63, 3.8) is 0 Å². The van der Waals surface area contributed by atoms with Gasteiger partial charge in [-0.05, 0) is 36.8 Å². The first-order chi connectivity index (χ1) is 10.5. The number of carboxylic acids is 1. The summed E-state index contributed by atoms with van der Waals surface area (Å²) in [5.74, 6) is 0.470. The topological polar surface area (TPSA) is 75.6 Å². The highest BCUT2D eigenvalue weighted by Crippen LogP contribution is 2.15. The molecule has 0 saturated carbocycles. The summed E-state index contributed by atoms with van der Waals surface area (Å²) in [6, 6.07) is 7.07. The van der Waals surface area contributed by atoms with Crippen LogP contribution >= 0.6 is 11.8 Å². The number of carbonyl (C=O) groups excluding carboxylic acids is 1. The van der Waals surface area contributed by atoms with Crippen molar-refractivity contribution in [1.82, 2.24) is 5.32 Å². The van der Waals surface area contributed by atoms with E-state index in [-0.39, 0.29) is 17.8 Å². The molecule has 1 aromatic carbocycles. The van der Waals surface area contributed by atoms with Crippen LogP contribution in [0.2, 0.25) is 0 Å². The van der Waals surface area contributed by atoms with Crippen molar-refractivity contribution in [2.45, 2.75) is 38.5 Å². The van der Waals surface area contributed by atoms with Crippen LogP contribution in [0, 0.1) is 0 Å². The monoisotopic (exact) mass is 325 g/mol. The molecule has 1 amide bonds. The molecule has 0 bridgehead atoms. The third-order valence-electron chi connectivity index (χ3n) is 2.96. The quantitative estimate of drug-likeness (QED) is 0.647. The van der Waals surface area contributed by atoms with E-state index in [2.05, 4.69) is 12.2 Å². The number of hydrogen-bond acceptors (Lipinski definition) is 4. The molecule has 6 heteroatoms. The molecule has 1 unspecified atom stereocenters. The van der Waals surface area contributed by atoms with Gasteiger partial charge in [0.2, 0.25) is 5.91 Å². The van der Waals surface area contributed by atoms with Crippen LogP contribution in [0.5, 0.6) is 5.75 Å². The first-order valence-electron chi connectivity index (χ1n) is 7.35. The zero-order valence-corrected chi connectivity index (χ0v) is 13.8. The second-order valence-corrected chi connectivity index (χ2v) is 6.36. The maximum atomic E-state index is 12.0. The molecule has 1 atom stereocenters. The minimum absolute atomic E-state index is 0.0120. The van der Waals surface area contributed by atoms with Crippen molar-refractivity contribution in [2.24, 2.45) is 0 Å². The molecule has 0 radical (unpaired) electrons. The minimum atomic E-state index is -1.02. The van der Waals surface area contributed by atoms with Crippen LogP contribution < -0.4 is 10.1 Å². The molecule has 0 aliphatic rings. The Bertz CT molecular complexity index is 493. The van der Waals surface area contributed by atoms with E-state index in [0.29, 0.717) is 12.3 Å². The van der Waals surface area contributed by atoms with E-state index in [0.717, 1.165) is 24.2 Å². The number of nitrogens with one attached hydrogen (secondary N) is 1. The van der Waals surface area contributed by atoms with E-state index >= 15 is 0 Å². The summed E-state index contributed by atoms with van der Waals surface area (Å²) in [7, 11) is 0. The van der Waals surface area contributed by atoms with Crippen LogP contribution in [-0.2, 0) is 16.1 Å². The molecule has 0 aliphatic heterocycles. The summed E-state index contributed by atoms with van der Waals surface area (Å²) in [6.45, 7) is 4.06. The lowest BCUT2D eigenvalue weighted by Gasteiger charge is -2.12. The average molecular weight is 325 g/mol. The van der Waals surface area contributed by atoms with Crippen molar-refractivity contribution < 1.29 is 19.4 Å². The van der Waals surface area contributed by atoms with Crippen molar-refractivity contribution in [3.05, 3.63) is 29.8 Å². The number of benzene rings is 1. The lowest BCUT2D eigenvalue weighted by Crippen LogP contribution is -2.30. The third kappa shape index (κ3) is 7.36. The molecular formula is C16H23NO4S. The zero-order valence-electron chi connectivity index (χ0n) is 13.0. The van der Waals surface area contributed by atoms with Crippen molar-refractivity contribution in [1.29, 1.82) is 0 Å². The number of amides is 1. The summed E-state index contributed by atoms with van der Waals surface area (Å²) in [6.07, 6.45) is 2.25. The Balaban J connectivity index is 2.41. The Morgan fingerprint density at radius 1 is 1.41 bits per heavy atom. The van der Waals surface area contributed by atoms with E-state index in [1.54, 1.807) is 30.0 Å². The van der Waals surface area contributed by atoms with Gasteiger partial charge in [0.15, 0.2) is 6.61 Å². The fourth-order valence-corrected chi connectivity index (χ4v) is 2.75. The van der Waals surface area contributed by atoms with E-state index in [4.69, 9.17) is 9.84 Å². The van der Waals surface area contributed by atoms with E-state index < -0.39 is 5.97 Å². The van der Waals surface area contributed by atoms with Gasteiger partial charge < -0.3 is 15.2 Å². The van der Waals surface area contributed by atoms with Crippen LogP contribution in [0.3, 0.4) is 0 Å². The minimum Gasteiger partial charge on any atom is -0.482 e. The Morgan fingerprint density at radius 3 is 2.86 bits per heavy atom. The lowest BCUT2D eigenvalue weighted by molar-refractivity contribution is -0.139. The number of aliphatic carboxylic acids is 1. The van der Waals surface area contributed by atoms with Gasteiger partial charge in [0, 0.05) is 6.54 Å². The SMILES string of the molecule is CCCCSC(C)C(=O)NCc1cccc(OCC(=O)O)c1. The second kappa shape index (κ2) is 10.1.